The third-order valence-corrected chi connectivity index (χ3v) is 3.98. The SMILES string of the molecule is CCOc1ccc(-c2nnc(SCC(=O)N[C@H](C)CC)o2)cc1. The van der Waals surface area contributed by atoms with E-state index in [1.54, 1.807) is 0 Å². The van der Waals surface area contributed by atoms with E-state index in [9.17, 15) is 4.79 Å². The van der Waals surface area contributed by atoms with E-state index in [0.717, 1.165) is 17.7 Å². The van der Waals surface area contributed by atoms with E-state index in [4.69, 9.17) is 9.15 Å². The third-order valence-electron chi connectivity index (χ3n) is 3.17. The Morgan fingerprint density at radius 3 is 2.70 bits per heavy atom. The second-order valence-electron chi connectivity index (χ2n) is 5.00. The van der Waals surface area contributed by atoms with Crippen LogP contribution in [0.3, 0.4) is 0 Å². The lowest BCUT2D eigenvalue weighted by molar-refractivity contribution is -0.119. The Labute approximate surface area is 140 Å². The van der Waals surface area contributed by atoms with E-state index in [1.165, 1.54) is 11.8 Å². The van der Waals surface area contributed by atoms with E-state index in [0.29, 0.717) is 17.7 Å². The number of aromatic nitrogens is 2. The van der Waals surface area contributed by atoms with E-state index in [-0.39, 0.29) is 17.7 Å². The summed E-state index contributed by atoms with van der Waals surface area (Å²) in [6.07, 6.45) is 0.902. The van der Waals surface area contributed by atoms with E-state index in [2.05, 4.69) is 15.5 Å². The van der Waals surface area contributed by atoms with Crippen LogP contribution in [-0.4, -0.2) is 34.5 Å². The van der Waals surface area contributed by atoms with Gasteiger partial charge in [-0.15, -0.1) is 10.2 Å². The number of nitrogens with one attached hydrogen (secondary N) is 1. The quantitative estimate of drug-likeness (QED) is 0.747. The predicted octanol–water partition coefficient (Wildman–Crippen LogP) is 3.14. The molecule has 0 saturated carbocycles. The van der Waals surface area contributed by atoms with Crippen molar-refractivity contribution < 1.29 is 13.9 Å². The Kier molecular flexibility index (Phi) is 6.46. The van der Waals surface area contributed by atoms with Crippen LogP contribution in [0, 0.1) is 0 Å². The molecule has 0 aliphatic carbocycles. The van der Waals surface area contributed by atoms with Crippen LogP contribution in [0.5, 0.6) is 5.75 Å². The van der Waals surface area contributed by atoms with Gasteiger partial charge in [-0.1, -0.05) is 18.7 Å². The summed E-state index contributed by atoms with van der Waals surface area (Å²) < 4.78 is 11.0. The Bertz CT molecular complexity index is 628. The molecule has 0 radical (unpaired) electrons. The molecule has 124 valence electrons. The van der Waals surface area contributed by atoms with Crippen LogP contribution in [0.4, 0.5) is 0 Å². The average molecular weight is 335 g/mol. The van der Waals surface area contributed by atoms with Gasteiger partial charge in [-0.2, -0.15) is 0 Å². The number of carbonyl (C=O) groups is 1. The van der Waals surface area contributed by atoms with Crippen molar-refractivity contribution in [2.75, 3.05) is 12.4 Å². The van der Waals surface area contributed by atoms with E-state index in [1.807, 2.05) is 45.0 Å². The summed E-state index contributed by atoms with van der Waals surface area (Å²) in [4.78, 5) is 11.7. The number of ether oxygens (including phenoxy) is 1. The minimum atomic E-state index is -0.0369. The van der Waals surface area contributed by atoms with Gasteiger partial charge in [-0.05, 0) is 44.5 Å². The van der Waals surface area contributed by atoms with Crippen molar-refractivity contribution in [2.45, 2.75) is 38.5 Å². The van der Waals surface area contributed by atoms with Crippen LogP contribution in [0.25, 0.3) is 11.5 Å². The fourth-order valence-electron chi connectivity index (χ4n) is 1.79. The molecule has 1 atom stereocenters. The molecule has 0 bridgehead atoms. The molecule has 6 nitrogen and oxygen atoms in total. The number of thioether (sulfide) groups is 1. The summed E-state index contributed by atoms with van der Waals surface area (Å²) in [5.74, 6) is 1.45. The molecule has 2 aromatic rings. The van der Waals surface area contributed by atoms with Gasteiger partial charge < -0.3 is 14.5 Å². The van der Waals surface area contributed by atoms with Crippen molar-refractivity contribution >= 4 is 17.7 Å². The summed E-state index contributed by atoms with van der Waals surface area (Å²) >= 11 is 1.23. The van der Waals surface area contributed by atoms with Crippen molar-refractivity contribution in [1.82, 2.24) is 15.5 Å². The largest absolute Gasteiger partial charge is 0.494 e. The molecule has 2 rings (SSSR count). The molecule has 1 heterocycles. The first kappa shape index (κ1) is 17.3. The summed E-state index contributed by atoms with van der Waals surface area (Å²) in [5, 5.41) is 11.2. The van der Waals surface area contributed by atoms with Gasteiger partial charge in [0.25, 0.3) is 5.22 Å². The standard InChI is InChI=1S/C16H21N3O3S/c1-4-11(3)17-14(20)10-23-16-19-18-15(22-16)12-6-8-13(9-7-12)21-5-2/h6-9,11H,4-5,10H2,1-3H3,(H,17,20)/t11-/m1/s1. The number of hydrogen-bond acceptors (Lipinski definition) is 6. The molecule has 1 N–H and O–H groups in total. The first-order chi connectivity index (χ1) is 11.1. The van der Waals surface area contributed by atoms with Crippen molar-refractivity contribution in [3.63, 3.8) is 0 Å². The smallest absolute Gasteiger partial charge is 0.277 e. The second-order valence-corrected chi connectivity index (χ2v) is 5.92. The van der Waals surface area contributed by atoms with Gasteiger partial charge in [-0.3, -0.25) is 4.79 Å². The number of hydrogen-bond donors (Lipinski definition) is 1. The van der Waals surface area contributed by atoms with Crippen LogP contribution < -0.4 is 10.1 Å². The maximum absolute atomic E-state index is 11.7. The highest BCUT2D eigenvalue weighted by molar-refractivity contribution is 7.99. The molecular weight excluding hydrogens is 314 g/mol. The van der Waals surface area contributed by atoms with Crippen molar-refractivity contribution in [3.8, 4) is 17.2 Å². The Morgan fingerprint density at radius 1 is 1.30 bits per heavy atom. The summed E-state index contributed by atoms with van der Waals surface area (Å²) in [5.41, 5.74) is 0.817. The van der Waals surface area contributed by atoms with Crippen molar-refractivity contribution in [3.05, 3.63) is 24.3 Å². The van der Waals surface area contributed by atoms with Crippen molar-refractivity contribution in [1.29, 1.82) is 0 Å². The molecule has 7 heteroatoms. The Hall–Kier alpha value is -2.02. The zero-order valence-electron chi connectivity index (χ0n) is 13.5. The third kappa shape index (κ3) is 5.28. The number of carbonyl (C=O) groups excluding carboxylic acids is 1. The van der Waals surface area contributed by atoms with Gasteiger partial charge in [0, 0.05) is 11.6 Å². The van der Waals surface area contributed by atoms with Gasteiger partial charge in [-0.25, -0.2) is 0 Å². The molecule has 1 aromatic heterocycles. The molecule has 0 aliphatic heterocycles. The molecule has 0 spiro atoms. The number of rotatable bonds is 8. The van der Waals surface area contributed by atoms with Crippen LogP contribution in [0.15, 0.2) is 33.9 Å². The summed E-state index contributed by atoms with van der Waals surface area (Å²) in [6.45, 7) is 6.56. The molecule has 0 unspecified atom stereocenters. The molecule has 1 aromatic carbocycles. The van der Waals surface area contributed by atoms with Gasteiger partial charge in [0.1, 0.15) is 5.75 Å². The molecular formula is C16H21N3O3S. The molecule has 0 fully saturated rings. The highest BCUT2D eigenvalue weighted by Crippen LogP contribution is 2.24. The number of amides is 1. The topological polar surface area (TPSA) is 77.2 Å². The normalized spacial score (nSPS) is 12.0. The first-order valence-electron chi connectivity index (χ1n) is 7.61. The maximum Gasteiger partial charge on any atom is 0.277 e. The molecule has 1 amide bonds. The zero-order chi connectivity index (χ0) is 16.7. The lowest BCUT2D eigenvalue weighted by atomic mass is 10.2. The Morgan fingerprint density at radius 2 is 2.04 bits per heavy atom. The van der Waals surface area contributed by atoms with Gasteiger partial charge in [0.2, 0.25) is 11.8 Å². The van der Waals surface area contributed by atoms with Gasteiger partial charge in [0.05, 0.1) is 12.4 Å². The van der Waals surface area contributed by atoms with E-state index < -0.39 is 0 Å². The Balaban J connectivity index is 1.91. The van der Waals surface area contributed by atoms with Crippen LogP contribution >= 0.6 is 11.8 Å². The zero-order valence-corrected chi connectivity index (χ0v) is 14.4. The predicted molar refractivity (Wildman–Crippen MR) is 89.5 cm³/mol. The monoisotopic (exact) mass is 335 g/mol. The second kappa shape index (κ2) is 8.57. The maximum atomic E-state index is 11.7. The molecule has 23 heavy (non-hydrogen) atoms. The average Bonchev–Trinajstić information content (AvgIpc) is 3.03. The van der Waals surface area contributed by atoms with Crippen molar-refractivity contribution in [2.24, 2.45) is 0 Å². The fourth-order valence-corrected chi connectivity index (χ4v) is 2.37. The minimum absolute atomic E-state index is 0.0369. The summed E-state index contributed by atoms with van der Waals surface area (Å²) in [7, 11) is 0. The number of benzene rings is 1. The van der Waals surface area contributed by atoms with Gasteiger partial charge >= 0.3 is 0 Å². The van der Waals surface area contributed by atoms with Crippen LogP contribution in [0.1, 0.15) is 27.2 Å². The fraction of sp³-hybridized carbons (Fsp3) is 0.438. The van der Waals surface area contributed by atoms with Gasteiger partial charge in [0.15, 0.2) is 0 Å². The highest BCUT2D eigenvalue weighted by Gasteiger charge is 2.12. The van der Waals surface area contributed by atoms with Crippen LogP contribution in [0.2, 0.25) is 0 Å². The minimum Gasteiger partial charge on any atom is -0.494 e. The molecule has 0 saturated heterocycles. The van der Waals surface area contributed by atoms with E-state index >= 15 is 0 Å². The lowest BCUT2D eigenvalue weighted by Gasteiger charge is -2.09. The highest BCUT2D eigenvalue weighted by atomic mass is 32.2. The lowest BCUT2D eigenvalue weighted by Crippen LogP contribution is -2.33. The van der Waals surface area contributed by atoms with Crippen LogP contribution in [-0.2, 0) is 4.79 Å². The summed E-state index contributed by atoms with van der Waals surface area (Å²) in [6, 6.07) is 7.61. The molecule has 0 aliphatic rings. The first-order valence-corrected chi connectivity index (χ1v) is 8.59. The number of nitrogens with zero attached hydrogens (tertiary/aromatic N) is 2.